The van der Waals surface area contributed by atoms with Crippen molar-refractivity contribution in [2.45, 2.75) is 13.1 Å². The van der Waals surface area contributed by atoms with Gasteiger partial charge in [-0.15, -0.1) is 0 Å². The fraction of sp³-hybridized carbons (Fsp3) is 0.188. The minimum absolute atomic E-state index is 0.0208. The van der Waals surface area contributed by atoms with Gasteiger partial charge in [0.05, 0.1) is 5.56 Å². The average molecular weight is 310 g/mol. The second-order valence-electron chi connectivity index (χ2n) is 4.71. The largest absolute Gasteiger partial charge is 0.481 e. The van der Waals surface area contributed by atoms with Gasteiger partial charge in [0, 0.05) is 5.56 Å². The van der Waals surface area contributed by atoms with Crippen molar-refractivity contribution in [1.82, 2.24) is 0 Å². The van der Waals surface area contributed by atoms with Gasteiger partial charge in [-0.1, -0.05) is 30.3 Å². The van der Waals surface area contributed by atoms with E-state index in [1.165, 1.54) is 13.0 Å². The van der Waals surface area contributed by atoms with Crippen LogP contribution in [0.2, 0.25) is 0 Å². The summed E-state index contributed by atoms with van der Waals surface area (Å²) in [6.07, 6.45) is -4.49. The predicted octanol–water partition coefficient (Wildman–Crippen LogP) is 4.14. The van der Waals surface area contributed by atoms with Crippen LogP contribution in [0.3, 0.4) is 0 Å². The molecule has 0 radical (unpaired) electrons. The van der Waals surface area contributed by atoms with Crippen molar-refractivity contribution in [3.8, 4) is 16.9 Å². The SMILES string of the molecule is Cc1cc(OCC(=O)O)c(-c2ccccc2)cc1C(F)(F)F. The second-order valence-corrected chi connectivity index (χ2v) is 4.71. The Balaban J connectivity index is 2.57. The normalized spacial score (nSPS) is 11.3. The first-order valence-electron chi connectivity index (χ1n) is 6.41. The zero-order valence-electron chi connectivity index (χ0n) is 11.6. The number of aliphatic carboxylic acids is 1. The summed E-state index contributed by atoms with van der Waals surface area (Å²) < 4.78 is 44.3. The minimum Gasteiger partial charge on any atom is -0.481 e. The molecule has 0 aromatic heterocycles. The van der Waals surface area contributed by atoms with Gasteiger partial charge in [0.1, 0.15) is 5.75 Å². The smallest absolute Gasteiger partial charge is 0.416 e. The van der Waals surface area contributed by atoms with E-state index in [9.17, 15) is 18.0 Å². The lowest BCUT2D eigenvalue weighted by molar-refractivity contribution is -0.140. The number of halogens is 3. The molecule has 116 valence electrons. The van der Waals surface area contributed by atoms with Crippen LogP contribution in [0.4, 0.5) is 13.2 Å². The molecule has 0 bridgehead atoms. The molecule has 1 N–H and O–H groups in total. The van der Waals surface area contributed by atoms with Gasteiger partial charge in [-0.3, -0.25) is 0 Å². The van der Waals surface area contributed by atoms with E-state index in [1.54, 1.807) is 30.3 Å². The van der Waals surface area contributed by atoms with Gasteiger partial charge in [0.2, 0.25) is 0 Å². The molecule has 0 unspecified atom stereocenters. The topological polar surface area (TPSA) is 46.5 Å². The van der Waals surface area contributed by atoms with Crippen LogP contribution < -0.4 is 4.74 Å². The summed E-state index contributed by atoms with van der Waals surface area (Å²) in [5, 5.41) is 8.68. The third-order valence-electron chi connectivity index (χ3n) is 3.07. The standard InChI is InChI=1S/C16H13F3O3/c1-10-7-14(22-9-15(20)21)12(8-13(10)16(17,18)19)11-5-3-2-4-6-11/h2-8H,9H2,1H3,(H,20,21). The number of hydrogen-bond acceptors (Lipinski definition) is 2. The molecular weight excluding hydrogens is 297 g/mol. The lowest BCUT2D eigenvalue weighted by Crippen LogP contribution is -2.12. The van der Waals surface area contributed by atoms with Crippen molar-refractivity contribution in [2.75, 3.05) is 6.61 Å². The number of benzene rings is 2. The molecule has 0 spiro atoms. The highest BCUT2D eigenvalue weighted by Gasteiger charge is 2.33. The first-order chi connectivity index (χ1) is 10.3. The molecule has 3 nitrogen and oxygen atoms in total. The fourth-order valence-corrected chi connectivity index (χ4v) is 2.09. The number of aryl methyl sites for hydroxylation is 1. The predicted molar refractivity (Wildman–Crippen MR) is 74.7 cm³/mol. The van der Waals surface area contributed by atoms with Gasteiger partial charge in [-0.05, 0) is 30.2 Å². The van der Waals surface area contributed by atoms with Crippen LogP contribution in [0.1, 0.15) is 11.1 Å². The van der Waals surface area contributed by atoms with E-state index in [0.717, 1.165) is 6.07 Å². The van der Waals surface area contributed by atoms with Crippen LogP contribution in [0, 0.1) is 6.92 Å². The second kappa shape index (κ2) is 6.09. The monoisotopic (exact) mass is 310 g/mol. The van der Waals surface area contributed by atoms with E-state index < -0.39 is 24.3 Å². The third-order valence-corrected chi connectivity index (χ3v) is 3.07. The zero-order chi connectivity index (χ0) is 16.3. The number of carboxylic acids is 1. The summed E-state index contributed by atoms with van der Waals surface area (Å²) in [5.74, 6) is -1.09. The molecule has 0 aliphatic rings. The molecule has 0 saturated carbocycles. The highest BCUT2D eigenvalue weighted by atomic mass is 19.4. The summed E-state index contributed by atoms with van der Waals surface area (Å²) in [7, 11) is 0. The van der Waals surface area contributed by atoms with Crippen LogP contribution in [0.25, 0.3) is 11.1 Å². The Morgan fingerprint density at radius 2 is 1.82 bits per heavy atom. The summed E-state index contributed by atoms with van der Waals surface area (Å²) >= 11 is 0. The summed E-state index contributed by atoms with van der Waals surface area (Å²) in [6.45, 7) is 0.690. The van der Waals surface area contributed by atoms with Gasteiger partial charge >= 0.3 is 12.1 Å². The summed E-state index contributed by atoms with van der Waals surface area (Å²) in [5.41, 5.74) is -0.0604. The Hall–Kier alpha value is -2.50. The van der Waals surface area contributed by atoms with Crippen molar-refractivity contribution in [2.24, 2.45) is 0 Å². The molecule has 6 heteroatoms. The maximum absolute atomic E-state index is 13.1. The fourth-order valence-electron chi connectivity index (χ4n) is 2.09. The molecule has 0 fully saturated rings. The Bertz CT molecular complexity index is 679. The van der Waals surface area contributed by atoms with Crippen LogP contribution in [-0.4, -0.2) is 17.7 Å². The molecule has 0 saturated heterocycles. The van der Waals surface area contributed by atoms with Gasteiger partial charge < -0.3 is 9.84 Å². The lowest BCUT2D eigenvalue weighted by atomic mass is 9.98. The Morgan fingerprint density at radius 1 is 1.18 bits per heavy atom. The Morgan fingerprint density at radius 3 is 2.36 bits per heavy atom. The maximum atomic E-state index is 13.1. The lowest BCUT2D eigenvalue weighted by Gasteiger charge is -2.16. The highest BCUT2D eigenvalue weighted by Crippen LogP contribution is 2.39. The first kappa shape index (κ1) is 15.9. The third kappa shape index (κ3) is 3.58. The van der Waals surface area contributed by atoms with Gasteiger partial charge in [0.15, 0.2) is 6.61 Å². The number of ether oxygens (including phenoxy) is 1. The number of alkyl halides is 3. The van der Waals surface area contributed by atoms with Gasteiger partial charge in [-0.2, -0.15) is 13.2 Å². The minimum atomic E-state index is -4.49. The maximum Gasteiger partial charge on any atom is 0.416 e. The van der Waals surface area contributed by atoms with Gasteiger partial charge in [0.25, 0.3) is 0 Å². The van der Waals surface area contributed by atoms with Crippen LogP contribution >= 0.6 is 0 Å². The molecule has 2 aromatic carbocycles. The average Bonchev–Trinajstić information content (AvgIpc) is 2.44. The number of hydrogen-bond donors (Lipinski definition) is 1. The van der Waals surface area contributed by atoms with Crippen molar-refractivity contribution in [3.05, 3.63) is 53.6 Å². The van der Waals surface area contributed by atoms with E-state index in [1.807, 2.05) is 0 Å². The quantitative estimate of drug-likeness (QED) is 0.923. The molecule has 22 heavy (non-hydrogen) atoms. The molecule has 0 aliphatic heterocycles. The number of carboxylic acid groups (broad SMARTS) is 1. The first-order valence-corrected chi connectivity index (χ1v) is 6.41. The Labute approximate surface area is 125 Å². The molecule has 0 amide bonds. The summed E-state index contributed by atoms with van der Waals surface area (Å²) in [6, 6.07) is 10.6. The highest BCUT2D eigenvalue weighted by molar-refractivity contribution is 5.74. The van der Waals surface area contributed by atoms with Gasteiger partial charge in [-0.25, -0.2) is 4.79 Å². The molecule has 0 atom stereocenters. The van der Waals surface area contributed by atoms with E-state index in [2.05, 4.69) is 0 Å². The molecule has 2 rings (SSSR count). The van der Waals surface area contributed by atoms with Crippen LogP contribution in [-0.2, 0) is 11.0 Å². The van der Waals surface area contributed by atoms with Crippen molar-refractivity contribution >= 4 is 5.97 Å². The van der Waals surface area contributed by atoms with E-state index in [4.69, 9.17) is 9.84 Å². The molecule has 0 aliphatic carbocycles. The van der Waals surface area contributed by atoms with Crippen LogP contribution in [0.15, 0.2) is 42.5 Å². The molecule has 2 aromatic rings. The van der Waals surface area contributed by atoms with E-state index in [0.29, 0.717) is 5.56 Å². The number of carbonyl (C=O) groups is 1. The van der Waals surface area contributed by atoms with Crippen molar-refractivity contribution in [1.29, 1.82) is 0 Å². The van der Waals surface area contributed by atoms with E-state index >= 15 is 0 Å². The number of rotatable bonds is 4. The van der Waals surface area contributed by atoms with E-state index in [-0.39, 0.29) is 16.9 Å². The van der Waals surface area contributed by atoms with Crippen molar-refractivity contribution in [3.63, 3.8) is 0 Å². The summed E-state index contributed by atoms with van der Waals surface area (Å²) in [4.78, 5) is 10.6. The molecular formula is C16H13F3O3. The Kier molecular flexibility index (Phi) is 4.40. The molecule has 0 heterocycles. The zero-order valence-corrected chi connectivity index (χ0v) is 11.6. The van der Waals surface area contributed by atoms with Crippen LogP contribution in [0.5, 0.6) is 5.75 Å². The van der Waals surface area contributed by atoms with Crippen molar-refractivity contribution < 1.29 is 27.8 Å².